The van der Waals surface area contributed by atoms with Gasteiger partial charge in [0.1, 0.15) is 5.75 Å². The molecule has 0 aliphatic heterocycles. The van der Waals surface area contributed by atoms with Gasteiger partial charge in [0, 0.05) is 0 Å². The maximum Gasteiger partial charge on any atom is 0.465 e. The highest BCUT2D eigenvalue weighted by Gasteiger charge is 2.15. The van der Waals surface area contributed by atoms with Crippen LogP contribution in [0.5, 0.6) is 5.75 Å². The van der Waals surface area contributed by atoms with Crippen LogP contribution in [0.1, 0.15) is 26.3 Å². The van der Waals surface area contributed by atoms with Crippen molar-refractivity contribution in [2.24, 2.45) is 0 Å². The van der Waals surface area contributed by atoms with E-state index in [1.165, 1.54) is 0 Å². The Bertz CT molecular complexity index is 445. The summed E-state index contributed by atoms with van der Waals surface area (Å²) in [5.74, 6) is 0.161. The fraction of sp³-hybridized carbons (Fsp3) is 0.400. The van der Waals surface area contributed by atoms with Gasteiger partial charge in [0.25, 0.3) is 0 Å². The maximum atomic E-state index is 10.9. The van der Waals surface area contributed by atoms with Gasteiger partial charge in [-0.15, -0.1) is 3.74 Å². The second-order valence-electron chi connectivity index (χ2n) is 4.33. The van der Waals surface area contributed by atoms with Crippen molar-refractivity contribution in [2.45, 2.75) is 26.2 Å². The van der Waals surface area contributed by atoms with Gasteiger partial charge in [-0.1, -0.05) is 32.9 Å². The van der Waals surface area contributed by atoms with E-state index in [4.69, 9.17) is 11.9 Å². The Hall–Kier alpha value is -0.780. The van der Waals surface area contributed by atoms with Crippen LogP contribution < -0.4 is 4.18 Å². The van der Waals surface area contributed by atoms with Gasteiger partial charge in [-0.2, -0.15) is 8.42 Å². The average Bonchev–Trinajstić information content (AvgIpc) is 2.16. The highest BCUT2D eigenvalue weighted by Crippen LogP contribution is 2.24. The summed E-state index contributed by atoms with van der Waals surface area (Å²) in [4.78, 5) is 0. The standard InChI is InChI=1S/C10H13ClO4S/c1-10(2,3)8-4-6-9(7-5-8)14-16(12,13)15-11/h4-7H,1-3H3. The molecule has 0 aliphatic rings. The van der Waals surface area contributed by atoms with E-state index in [1.54, 1.807) is 24.3 Å². The lowest BCUT2D eigenvalue weighted by molar-refractivity contribution is 0.406. The molecule has 0 radical (unpaired) electrons. The van der Waals surface area contributed by atoms with E-state index in [9.17, 15) is 8.42 Å². The molecule has 90 valence electrons. The highest BCUT2D eigenvalue weighted by atomic mass is 35.5. The first-order valence-corrected chi connectivity index (χ1v) is 6.24. The van der Waals surface area contributed by atoms with Gasteiger partial charge >= 0.3 is 10.4 Å². The number of hydrogen-bond acceptors (Lipinski definition) is 4. The smallest absolute Gasteiger partial charge is 0.361 e. The summed E-state index contributed by atoms with van der Waals surface area (Å²) < 4.78 is 29.9. The zero-order valence-electron chi connectivity index (χ0n) is 9.23. The predicted octanol–water partition coefficient (Wildman–Crippen LogP) is 2.78. The van der Waals surface area contributed by atoms with Crippen LogP contribution in [0.3, 0.4) is 0 Å². The lowest BCUT2D eigenvalue weighted by atomic mass is 9.87. The summed E-state index contributed by atoms with van der Waals surface area (Å²) in [5.41, 5.74) is 1.07. The van der Waals surface area contributed by atoms with Crippen LogP contribution in [0, 0.1) is 0 Å². The number of rotatable bonds is 3. The molecule has 4 nitrogen and oxygen atoms in total. The molecule has 0 aromatic heterocycles. The fourth-order valence-electron chi connectivity index (χ4n) is 1.14. The normalized spacial score (nSPS) is 12.5. The summed E-state index contributed by atoms with van der Waals surface area (Å²) in [7, 11) is -4.16. The van der Waals surface area contributed by atoms with E-state index in [-0.39, 0.29) is 11.2 Å². The summed E-state index contributed by atoms with van der Waals surface area (Å²) in [6.07, 6.45) is 0. The first kappa shape index (κ1) is 13.3. The molecule has 0 fully saturated rings. The van der Waals surface area contributed by atoms with Crippen LogP contribution in [-0.2, 0) is 19.5 Å². The van der Waals surface area contributed by atoms with Crippen LogP contribution in [0.2, 0.25) is 0 Å². The monoisotopic (exact) mass is 264 g/mol. The molecule has 0 saturated carbocycles. The van der Waals surface area contributed by atoms with Crippen molar-refractivity contribution in [1.29, 1.82) is 0 Å². The fourth-order valence-corrected chi connectivity index (χ4v) is 1.59. The molecule has 0 heterocycles. The molecular formula is C10H13ClO4S. The second-order valence-corrected chi connectivity index (χ2v) is 5.82. The van der Waals surface area contributed by atoms with Crippen molar-refractivity contribution in [3.05, 3.63) is 29.8 Å². The van der Waals surface area contributed by atoms with Crippen molar-refractivity contribution in [3.8, 4) is 5.75 Å². The summed E-state index contributed by atoms with van der Waals surface area (Å²) >= 11 is 4.73. The molecule has 0 aliphatic carbocycles. The number of benzene rings is 1. The Balaban J connectivity index is 2.89. The Morgan fingerprint density at radius 1 is 1.12 bits per heavy atom. The van der Waals surface area contributed by atoms with Gasteiger partial charge < -0.3 is 4.18 Å². The molecule has 0 amide bonds. The predicted molar refractivity (Wildman–Crippen MR) is 61.6 cm³/mol. The van der Waals surface area contributed by atoms with Crippen LogP contribution >= 0.6 is 11.9 Å². The van der Waals surface area contributed by atoms with Crippen molar-refractivity contribution < 1.29 is 16.3 Å². The second kappa shape index (κ2) is 4.61. The average molecular weight is 265 g/mol. The minimum Gasteiger partial charge on any atom is -0.361 e. The molecule has 16 heavy (non-hydrogen) atoms. The van der Waals surface area contributed by atoms with Gasteiger partial charge in [0.05, 0.1) is 11.9 Å². The van der Waals surface area contributed by atoms with Crippen molar-refractivity contribution in [2.75, 3.05) is 0 Å². The third-order valence-electron chi connectivity index (χ3n) is 2.00. The van der Waals surface area contributed by atoms with Crippen LogP contribution in [-0.4, -0.2) is 8.42 Å². The maximum absolute atomic E-state index is 10.9. The molecule has 0 atom stereocenters. The zero-order valence-corrected chi connectivity index (χ0v) is 10.8. The molecule has 1 aromatic rings. The Morgan fingerprint density at radius 3 is 2.00 bits per heavy atom. The van der Waals surface area contributed by atoms with E-state index >= 15 is 0 Å². The minimum atomic E-state index is -4.16. The molecule has 0 spiro atoms. The molecule has 0 saturated heterocycles. The topological polar surface area (TPSA) is 52.6 Å². The highest BCUT2D eigenvalue weighted by molar-refractivity contribution is 7.82. The van der Waals surface area contributed by atoms with Gasteiger partial charge in [0.2, 0.25) is 0 Å². The largest absolute Gasteiger partial charge is 0.465 e. The van der Waals surface area contributed by atoms with E-state index in [0.717, 1.165) is 5.56 Å². The number of hydrogen-bond donors (Lipinski definition) is 0. The zero-order chi connectivity index (χ0) is 12.4. The molecule has 1 rings (SSSR count). The van der Waals surface area contributed by atoms with Crippen molar-refractivity contribution in [3.63, 3.8) is 0 Å². The summed E-state index contributed by atoms with van der Waals surface area (Å²) in [5, 5.41) is 0. The molecular weight excluding hydrogens is 252 g/mol. The van der Waals surface area contributed by atoms with E-state index in [0.29, 0.717) is 0 Å². The molecule has 1 aromatic carbocycles. The third-order valence-corrected chi connectivity index (χ3v) is 3.01. The van der Waals surface area contributed by atoms with Crippen LogP contribution in [0.15, 0.2) is 24.3 Å². The molecule has 0 unspecified atom stereocenters. The van der Waals surface area contributed by atoms with Gasteiger partial charge in [0.15, 0.2) is 0 Å². The van der Waals surface area contributed by atoms with E-state index in [1.807, 2.05) is 0 Å². The van der Waals surface area contributed by atoms with Crippen molar-refractivity contribution in [1.82, 2.24) is 0 Å². The Morgan fingerprint density at radius 2 is 1.62 bits per heavy atom. The third kappa shape index (κ3) is 3.66. The van der Waals surface area contributed by atoms with Crippen LogP contribution in [0.25, 0.3) is 0 Å². The first-order chi connectivity index (χ1) is 7.24. The first-order valence-electron chi connectivity index (χ1n) is 4.60. The van der Waals surface area contributed by atoms with Crippen molar-refractivity contribution >= 4 is 22.3 Å². The lowest BCUT2D eigenvalue weighted by Gasteiger charge is -2.18. The van der Waals surface area contributed by atoms with Crippen LogP contribution in [0.4, 0.5) is 0 Å². The SMILES string of the molecule is CC(C)(C)c1ccc(OS(=O)(=O)OCl)cc1. The minimum absolute atomic E-state index is 0.000387. The number of halogens is 1. The molecule has 0 N–H and O–H groups in total. The molecule has 0 bridgehead atoms. The van der Waals surface area contributed by atoms with Gasteiger partial charge in [-0.25, -0.2) is 0 Å². The Labute approximate surface area is 101 Å². The molecule has 6 heteroatoms. The van der Waals surface area contributed by atoms with Gasteiger partial charge in [-0.3, -0.25) is 0 Å². The quantitative estimate of drug-likeness (QED) is 0.842. The summed E-state index contributed by atoms with van der Waals surface area (Å²) in [6.45, 7) is 6.17. The van der Waals surface area contributed by atoms with E-state index < -0.39 is 10.4 Å². The lowest BCUT2D eigenvalue weighted by Crippen LogP contribution is -2.11. The van der Waals surface area contributed by atoms with Gasteiger partial charge in [-0.05, 0) is 23.1 Å². The summed E-state index contributed by atoms with van der Waals surface area (Å²) in [6, 6.07) is 6.68. The van der Waals surface area contributed by atoms with E-state index in [2.05, 4.69) is 28.7 Å². The Kier molecular flexibility index (Phi) is 3.83.